The van der Waals surface area contributed by atoms with Crippen molar-refractivity contribution in [3.63, 3.8) is 0 Å². The minimum atomic E-state index is -3.91. The molecule has 1 N–H and O–H groups in total. The lowest BCUT2D eigenvalue weighted by molar-refractivity contribution is -0.140. The van der Waals surface area contributed by atoms with E-state index in [1.165, 1.54) is 25.2 Å². The predicted molar refractivity (Wildman–Crippen MR) is 168 cm³/mol. The van der Waals surface area contributed by atoms with E-state index in [9.17, 15) is 18.0 Å². The average molecular weight is 608 g/mol. The lowest BCUT2D eigenvalue weighted by Gasteiger charge is -2.34. The Morgan fingerprint density at radius 1 is 0.930 bits per heavy atom. The van der Waals surface area contributed by atoms with Crippen LogP contribution in [0.4, 0.5) is 5.69 Å². The molecule has 3 aromatic rings. The van der Waals surface area contributed by atoms with E-state index in [1.54, 1.807) is 12.1 Å². The first-order valence-electron chi connectivity index (χ1n) is 14.5. The topological polar surface area (TPSA) is 105 Å². The second kappa shape index (κ2) is 14.4. The number of hydrogen-bond acceptors (Lipinski definition) is 6. The molecule has 1 aliphatic carbocycles. The number of benzene rings is 3. The molecule has 0 saturated heterocycles. The summed E-state index contributed by atoms with van der Waals surface area (Å²) < 4.78 is 37.9. The van der Waals surface area contributed by atoms with Crippen molar-refractivity contribution >= 4 is 27.5 Å². The summed E-state index contributed by atoms with van der Waals surface area (Å²) >= 11 is 0. The molecule has 230 valence electrons. The highest BCUT2D eigenvalue weighted by molar-refractivity contribution is 7.92. The van der Waals surface area contributed by atoms with Gasteiger partial charge in [0.05, 0.1) is 26.2 Å². The van der Waals surface area contributed by atoms with Gasteiger partial charge in [0.25, 0.3) is 0 Å². The molecule has 1 saturated carbocycles. The number of aryl methyl sites for hydroxylation is 1. The number of nitrogens with zero attached hydrogens (tertiary/aromatic N) is 2. The third-order valence-corrected chi connectivity index (χ3v) is 9.05. The van der Waals surface area contributed by atoms with Crippen LogP contribution in [0.5, 0.6) is 11.5 Å². The summed E-state index contributed by atoms with van der Waals surface area (Å²) in [5, 5.41) is 3.18. The Labute approximate surface area is 254 Å². The van der Waals surface area contributed by atoms with Crippen LogP contribution in [0.15, 0.2) is 72.8 Å². The molecular formula is C33H41N3O6S. The maximum atomic E-state index is 14.3. The summed E-state index contributed by atoms with van der Waals surface area (Å²) in [5.41, 5.74) is 2.99. The number of hydrogen-bond donors (Lipinski definition) is 1. The van der Waals surface area contributed by atoms with Gasteiger partial charge in [-0.25, -0.2) is 8.42 Å². The molecule has 0 aromatic heterocycles. The predicted octanol–water partition coefficient (Wildman–Crippen LogP) is 4.48. The van der Waals surface area contributed by atoms with E-state index in [-0.39, 0.29) is 30.6 Å². The van der Waals surface area contributed by atoms with E-state index >= 15 is 0 Å². The summed E-state index contributed by atoms with van der Waals surface area (Å²) in [6, 6.07) is 21.1. The molecule has 4 rings (SSSR count). The normalized spacial score (nSPS) is 14.1. The molecule has 43 heavy (non-hydrogen) atoms. The van der Waals surface area contributed by atoms with Gasteiger partial charge in [0.1, 0.15) is 12.6 Å². The monoisotopic (exact) mass is 607 g/mol. The fourth-order valence-electron chi connectivity index (χ4n) is 5.49. The smallest absolute Gasteiger partial charge is 0.244 e. The Kier molecular flexibility index (Phi) is 10.7. The molecule has 0 bridgehead atoms. The molecular weight excluding hydrogens is 566 g/mol. The molecule has 1 atom stereocenters. The number of sulfonamides is 1. The summed E-state index contributed by atoms with van der Waals surface area (Å²) in [7, 11) is -0.961. The van der Waals surface area contributed by atoms with E-state index in [0.717, 1.165) is 52.9 Å². The second-order valence-electron chi connectivity index (χ2n) is 11.0. The molecule has 1 aliphatic rings. The Bertz CT molecular complexity index is 1510. The van der Waals surface area contributed by atoms with Crippen molar-refractivity contribution in [2.24, 2.45) is 0 Å². The van der Waals surface area contributed by atoms with Crippen molar-refractivity contribution in [1.82, 2.24) is 10.2 Å². The van der Waals surface area contributed by atoms with E-state index in [4.69, 9.17) is 9.47 Å². The van der Waals surface area contributed by atoms with E-state index in [0.29, 0.717) is 11.5 Å². The van der Waals surface area contributed by atoms with E-state index in [2.05, 4.69) is 5.32 Å². The van der Waals surface area contributed by atoms with Crippen LogP contribution in [0.2, 0.25) is 0 Å². The fourth-order valence-corrected chi connectivity index (χ4v) is 6.33. The largest absolute Gasteiger partial charge is 0.493 e. The number of nitrogens with one attached hydrogen (secondary N) is 1. The number of carbonyl (C=O) groups is 2. The standard InChI is InChI=1S/C33H41N3O6S/c1-24-12-8-9-15-26(24)22-35(29(20-25-13-6-5-7-14-25)33(38)34-27-16-10-11-17-27)32(37)23-36(43(4,39)40)28-18-19-30(41-2)31(21-28)42-3/h5-9,12-15,18-19,21,27,29H,10-11,16-17,20,22-23H2,1-4H3,(H,34,38)/t29-/m1/s1. The molecule has 0 heterocycles. The fraction of sp³-hybridized carbons (Fsp3) is 0.394. The minimum Gasteiger partial charge on any atom is -0.493 e. The number of ether oxygens (including phenoxy) is 2. The first-order valence-corrected chi connectivity index (χ1v) is 16.3. The van der Waals surface area contributed by atoms with Gasteiger partial charge >= 0.3 is 0 Å². The van der Waals surface area contributed by atoms with Crippen molar-refractivity contribution in [3.8, 4) is 11.5 Å². The zero-order valence-corrected chi connectivity index (χ0v) is 26.1. The number of anilines is 1. The molecule has 9 nitrogen and oxygen atoms in total. The zero-order chi connectivity index (χ0) is 31.0. The Balaban J connectivity index is 1.75. The van der Waals surface area contributed by atoms with Crippen LogP contribution in [0.3, 0.4) is 0 Å². The Hall–Kier alpha value is -4.05. The van der Waals surface area contributed by atoms with Gasteiger partial charge < -0.3 is 19.7 Å². The molecule has 0 spiro atoms. The molecule has 3 aromatic carbocycles. The lowest BCUT2D eigenvalue weighted by atomic mass is 10.0. The number of carbonyl (C=O) groups excluding carboxylic acids is 2. The average Bonchev–Trinajstić information content (AvgIpc) is 3.51. The molecule has 0 aliphatic heterocycles. The maximum Gasteiger partial charge on any atom is 0.244 e. The van der Waals surface area contributed by atoms with Crippen molar-refractivity contribution in [3.05, 3.63) is 89.5 Å². The van der Waals surface area contributed by atoms with Crippen LogP contribution in [-0.4, -0.2) is 64.2 Å². The summed E-state index contributed by atoms with van der Waals surface area (Å²) in [6.07, 6.45) is 5.24. The van der Waals surface area contributed by atoms with Crippen molar-refractivity contribution in [1.29, 1.82) is 0 Å². The summed E-state index contributed by atoms with van der Waals surface area (Å²) in [5.74, 6) is 0.0233. The van der Waals surface area contributed by atoms with Gasteiger partial charge in [-0.2, -0.15) is 0 Å². The number of methoxy groups -OCH3 is 2. The first-order chi connectivity index (χ1) is 20.6. The summed E-state index contributed by atoms with van der Waals surface area (Å²) in [4.78, 5) is 29.8. The highest BCUT2D eigenvalue weighted by Gasteiger charge is 2.34. The first kappa shape index (κ1) is 31.9. The van der Waals surface area contributed by atoms with Crippen LogP contribution in [-0.2, 0) is 32.6 Å². The van der Waals surface area contributed by atoms with E-state index < -0.39 is 28.5 Å². The van der Waals surface area contributed by atoms with Gasteiger partial charge in [-0.3, -0.25) is 13.9 Å². The molecule has 0 unspecified atom stereocenters. The van der Waals surface area contributed by atoms with Crippen LogP contribution in [0.1, 0.15) is 42.4 Å². The van der Waals surface area contributed by atoms with Gasteiger partial charge in [0.15, 0.2) is 11.5 Å². The highest BCUT2D eigenvalue weighted by Crippen LogP contribution is 2.32. The third-order valence-electron chi connectivity index (χ3n) is 7.91. The quantitative estimate of drug-likeness (QED) is 0.307. The zero-order valence-electron chi connectivity index (χ0n) is 25.3. The van der Waals surface area contributed by atoms with Crippen LogP contribution >= 0.6 is 0 Å². The third kappa shape index (κ3) is 8.28. The van der Waals surface area contributed by atoms with Gasteiger partial charge in [-0.1, -0.05) is 67.4 Å². The molecule has 0 radical (unpaired) electrons. The molecule has 2 amide bonds. The number of rotatable bonds is 13. The lowest BCUT2D eigenvalue weighted by Crippen LogP contribution is -2.54. The van der Waals surface area contributed by atoms with Gasteiger partial charge in [-0.15, -0.1) is 0 Å². The SMILES string of the molecule is COc1ccc(N(CC(=O)N(Cc2ccccc2C)[C@H](Cc2ccccc2)C(=O)NC2CCCC2)S(C)(=O)=O)cc1OC. The number of amides is 2. The second-order valence-corrected chi connectivity index (χ2v) is 12.9. The van der Waals surface area contributed by atoms with Gasteiger partial charge in [-0.05, 0) is 48.6 Å². The van der Waals surface area contributed by atoms with Crippen molar-refractivity contribution in [2.45, 2.75) is 57.7 Å². The Morgan fingerprint density at radius 2 is 1.58 bits per heavy atom. The van der Waals surface area contributed by atoms with Gasteiger partial charge in [0.2, 0.25) is 21.8 Å². The highest BCUT2D eigenvalue weighted by atomic mass is 32.2. The van der Waals surface area contributed by atoms with Crippen LogP contribution < -0.4 is 19.1 Å². The van der Waals surface area contributed by atoms with Crippen molar-refractivity contribution < 1.29 is 27.5 Å². The summed E-state index contributed by atoms with van der Waals surface area (Å²) in [6.45, 7) is 1.60. The molecule has 10 heteroatoms. The van der Waals surface area contributed by atoms with Gasteiger partial charge in [0, 0.05) is 25.1 Å². The van der Waals surface area contributed by atoms with Crippen LogP contribution in [0, 0.1) is 6.92 Å². The maximum absolute atomic E-state index is 14.3. The minimum absolute atomic E-state index is 0.0560. The van der Waals surface area contributed by atoms with Crippen LogP contribution in [0.25, 0.3) is 0 Å². The Morgan fingerprint density at radius 3 is 2.21 bits per heavy atom. The van der Waals surface area contributed by atoms with Crippen molar-refractivity contribution in [2.75, 3.05) is 31.3 Å². The molecule has 1 fully saturated rings. The van der Waals surface area contributed by atoms with E-state index in [1.807, 2.05) is 61.5 Å².